The molecule has 0 aliphatic rings. The Labute approximate surface area is 152 Å². The predicted molar refractivity (Wildman–Crippen MR) is 101 cm³/mol. The van der Waals surface area contributed by atoms with Crippen LogP contribution >= 0.6 is 0 Å². The van der Waals surface area contributed by atoms with Crippen molar-refractivity contribution in [2.45, 2.75) is 20.0 Å². The first kappa shape index (κ1) is 17.9. The Bertz CT molecular complexity index is 899. The van der Waals surface area contributed by atoms with Crippen LogP contribution in [0.3, 0.4) is 0 Å². The van der Waals surface area contributed by atoms with Crippen molar-refractivity contribution in [3.05, 3.63) is 71.5 Å². The highest BCUT2D eigenvalue weighted by atomic mass is 16.5. The Morgan fingerprint density at radius 3 is 2.62 bits per heavy atom. The van der Waals surface area contributed by atoms with E-state index < -0.39 is 6.10 Å². The minimum Gasteiger partial charge on any atom is -0.490 e. The van der Waals surface area contributed by atoms with Gasteiger partial charge in [0, 0.05) is 18.1 Å². The molecule has 0 saturated carbocycles. The number of amides is 1. The van der Waals surface area contributed by atoms with Crippen molar-refractivity contribution in [3.8, 4) is 5.75 Å². The molecule has 0 saturated heterocycles. The molecule has 26 heavy (non-hydrogen) atoms. The lowest BCUT2D eigenvalue weighted by Crippen LogP contribution is -2.35. The minimum atomic E-state index is -0.812. The van der Waals surface area contributed by atoms with E-state index in [4.69, 9.17) is 4.74 Å². The number of nitrogens with one attached hydrogen (secondary N) is 1. The number of rotatable bonds is 6. The number of pyridine rings is 1. The summed E-state index contributed by atoms with van der Waals surface area (Å²) in [7, 11) is 0. The molecule has 5 heteroatoms. The van der Waals surface area contributed by atoms with Gasteiger partial charge in [-0.1, -0.05) is 42.5 Å². The molecule has 1 unspecified atom stereocenters. The van der Waals surface area contributed by atoms with E-state index in [0.29, 0.717) is 5.69 Å². The number of carbonyl (C=O) groups is 1. The van der Waals surface area contributed by atoms with Gasteiger partial charge in [-0.3, -0.25) is 9.78 Å². The van der Waals surface area contributed by atoms with E-state index in [1.807, 2.05) is 62.4 Å². The van der Waals surface area contributed by atoms with E-state index >= 15 is 0 Å². The summed E-state index contributed by atoms with van der Waals surface area (Å²) in [5, 5.41) is 14.6. The number of hydrogen-bond donors (Lipinski definition) is 2. The summed E-state index contributed by atoms with van der Waals surface area (Å²) < 4.78 is 5.72. The average Bonchev–Trinajstić information content (AvgIpc) is 2.65. The van der Waals surface area contributed by atoms with Gasteiger partial charge in [-0.15, -0.1) is 0 Å². The zero-order valence-electron chi connectivity index (χ0n) is 14.9. The highest BCUT2D eigenvalue weighted by Crippen LogP contribution is 2.22. The van der Waals surface area contributed by atoms with Crippen LogP contribution in [0.1, 0.15) is 21.6 Å². The normalized spacial score (nSPS) is 12.0. The van der Waals surface area contributed by atoms with Crippen molar-refractivity contribution >= 4 is 16.7 Å². The largest absolute Gasteiger partial charge is 0.490 e. The van der Waals surface area contributed by atoms with Crippen LogP contribution in [0.25, 0.3) is 10.8 Å². The van der Waals surface area contributed by atoms with E-state index in [1.54, 1.807) is 6.20 Å². The predicted octanol–water partition coefficient (Wildman–Crippen LogP) is 3.02. The first-order chi connectivity index (χ1) is 12.6. The molecule has 0 aliphatic heterocycles. The summed E-state index contributed by atoms with van der Waals surface area (Å²) >= 11 is 0. The fourth-order valence-electron chi connectivity index (χ4n) is 2.86. The van der Waals surface area contributed by atoms with Crippen molar-refractivity contribution in [3.63, 3.8) is 0 Å². The molecule has 1 atom stereocenters. The lowest BCUT2D eigenvalue weighted by molar-refractivity contribution is 0.0839. The van der Waals surface area contributed by atoms with E-state index in [2.05, 4.69) is 10.3 Å². The second-order valence-electron chi connectivity index (χ2n) is 6.28. The van der Waals surface area contributed by atoms with Crippen LogP contribution < -0.4 is 10.1 Å². The minimum absolute atomic E-state index is 0.0919. The number of ether oxygens (including phenoxy) is 1. The fraction of sp³-hybridized carbons (Fsp3) is 0.238. The molecule has 134 valence electrons. The van der Waals surface area contributed by atoms with Crippen LogP contribution in [0.4, 0.5) is 0 Å². The summed E-state index contributed by atoms with van der Waals surface area (Å²) in [6, 6.07) is 15.3. The number of aromatic nitrogens is 1. The molecule has 0 spiro atoms. The van der Waals surface area contributed by atoms with Crippen LogP contribution in [0.2, 0.25) is 0 Å². The molecule has 0 fully saturated rings. The van der Waals surface area contributed by atoms with Crippen LogP contribution in [-0.2, 0) is 0 Å². The number of aliphatic hydroxyl groups is 1. The highest BCUT2D eigenvalue weighted by Gasteiger charge is 2.14. The number of para-hydroxylation sites is 1. The maximum atomic E-state index is 12.4. The van der Waals surface area contributed by atoms with Crippen molar-refractivity contribution in [2.24, 2.45) is 0 Å². The van der Waals surface area contributed by atoms with Crippen LogP contribution in [-0.4, -0.2) is 35.3 Å². The second-order valence-corrected chi connectivity index (χ2v) is 6.28. The first-order valence-electron chi connectivity index (χ1n) is 8.55. The summed E-state index contributed by atoms with van der Waals surface area (Å²) in [6.45, 7) is 4.12. The molecular weight excluding hydrogens is 328 g/mol. The Morgan fingerprint density at radius 1 is 1.12 bits per heavy atom. The Morgan fingerprint density at radius 2 is 1.85 bits per heavy atom. The maximum Gasteiger partial charge on any atom is 0.270 e. The smallest absolute Gasteiger partial charge is 0.270 e. The third-order valence-corrected chi connectivity index (χ3v) is 4.22. The van der Waals surface area contributed by atoms with Crippen molar-refractivity contribution in [1.82, 2.24) is 10.3 Å². The topological polar surface area (TPSA) is 71.5 Å². The molecule has 3 aromatic rings. The fourth-order valence-corrected chi connectivity index (χ4v) is 2.86. The zero-order chi connectivity index (χ0) is 18.5. The van der Waals surface area contributed by atoms with Gasteiger partial charge >= 0.3 is 0 Å². The van der Waals surface area contributed by atoms with Gasteiger partial charge < -0.3 is 15.2 Å². The van der Waals surface area contributed by atoms with Gasteiger partial charge in [-0.25, -0.2) is 0 Å². The first-order valence-corrected chi connectivity index (χ1v) is 8.55. The van der Waals surface area contributed by atoms with E-state index in [-0.39, 0.29) is 19.1 Å². The maximum absolute atomic E-state index is 12.4. The average molecular weight is 350 g/mol. The van der Waals surface area contributed by atoms with Gasteiger partial charge in [0.1, 0.15) is 24.2 Å². The lowest BCUT2D eigenvalue weighted by atomic mass is 10.1. The van der Waals surface area contributed by atoms with Gasteiger partial charge in [0.2, 0.25) is 0 Å². The van der Waals surface area contributed by atoms with Crippen molar-refractivity contribution < 1.29 is 14.6 Å². The van der Waals surface area contributed by atoms with Crippen molar-refractivity contribution in [2.75, 3.05) is 13.2 Å². The van der Waals surface area contributed by atoms with Gasteiger partial charge in [-0.2, -0.15) is 0 Å². The molecule has 0 radical (unpaired) electrons. The zero-order valence-corrected chi connectivity index (χ0v) is 14.9. The third kappa shape index (κ3) is 4.00. The van der Waals surface area contributed by atoms with E-state index in [9.17, 15) is 9.90 Å². The number of carbonyl (C=O) groups excluding carboxylic acids is 1. The quantitative estimate of drug-likeness (QED) is 0.717. The summed E-state index contributed by atoms with van der Waals surface area (Å²) in [5.41, 5.74) is 2.38. The molecule has 1 amide bonds. The van der Waals surface area contributed by atoms with E-state index in [1.165, 1.54) is 0 Å². The monoisotopic (exact) mass is 350 g/mol. The number of aryl methyl sites for hydroxylation is 2. The SMILES string of the molecule is Cc1cccc(C)c1OCC(O)CNC(=O)c1nccc2ccccc12. The molecule has 2 aromatic carbocycles. The Kier molecular flexibility index (Phi) is 5.49. The van der Waals surface area contributed by atoms with Crippen LogP contribution in [0.5, 0.6) is 5.75 Å². The molecule has 0 bridgehead atoms. The third-order valence-electron chi connectivity index (χ3n) is 4.22. The lowest BCUT2D eigenvalue weighted by Gasteiger charge is -2.16. The number of nitrogens with zero attached hydrogens (tertiary/aromatic N) is 1. The molecule has 5 nitrogen and oxygen atoms in total. The van der Waals surface area contributed by atoms with Crippen molar-refractivity contribution in [1.29, 1.82) is 0 Å². The number of fused-ring (bicyclic) bond motifs is 1. The summed E-state index contributed by atoms with van der Waals surface area (Å²) in [4.78, 5) is 16.6. The van der Waals surface area contributed by atoms with Gasteiger partial charge in [-0.05, 0) is 36.4 Å². The molecule has 1 heterocycles. The molecule has 2 N–H and O–H groups in total. The summed E-state index contributed by atoms with van der Waals surface area (Å²) in [6.07, 6.45) is 0.797. The molecule has 3 rings (SSSR count). The van der Waals surface area contributed by atoms with Crippen LogP contribution in [0, 0.1) is 13.8 Å². The highest BCUT2D eigenvalue weighted by molar-refractivity contribution is 6.05. The Balaban J connectivity index is 1.59. The number of benzene rings is 2. The number of aliphatic hydroxyl groups excluding tert-OH is 1. The molecular formula is C21H22N2O3. The van der Waals surface area contributed by atoms with Gasteiger partial charge in [0.05, 0.1) is 0 Å². The Hall–Kier alpha value is -2.92. The van der Waals surface area contributed by atoms with Gasteiger partial charge in [0.15, 0.2) is 0 Å². The molecule has 0 aliphatic carbocycles. The molecule has 1 aromatic heterocycles. The standard InChI is InChI=1S/C21H22N2O3/c1-14-6-5-7-15(2)20(14)26-13-17(24)12-23-21(25)19-18-9-4-3-8-16(18)10-11-22-19/h3-11,17,24H,12-13H2,1-2H3,(H,23,25). The van der Waals surface area contributed by atoms with E-state index in [0.717, 1.165) is 27.6 Å². The van der Waals surface area contributed by atoms with Crippen LogP contribution in [0.15, 0.2) is 54.7 Å². The summed E-state index contributed by atoms with van der Waals surface area (Å²) in [5.74, 6) is 0.460. The number of hydrogen-bond acceptors (Lipinski definition) is 4. The van der Waals surface area contributed by atoms with Gasteiger partial charge in [0.25, 0.3) is 5.91 Å². The second kappa shape index (κ2) is 7.97.